The fourth-order valence-electron chi connectivity index (χ4n) is 3.90. The Labute approximate surface area is 119 Å². The standard InChI is InChI=1S/C18H18O2/c1-17(2)15(16(19)20)18(17,13-9-5-3-6-10-13)14-11-7-4-8-12-14/h3-12,15H,1-2H3,(H,19,20). The van der Waals surface area contributed by atoms with Crippen molar-refractivity contribution in [1.29, 1.82) is 0 Å². The van der Waals surface area contributed by atoms with Crippen molar-refractivity contribution in [3.63, 3.8) is 0 Å². The van der Waals surface area contributed by atoms with E-state index in [0.29, 0.717) is 0 Å². The molecule has 0 aliphatic heterocycles. The van der Waals surface area contributed by atoms with E-state index in [4.69, 9.17) is 0 Å². The number of carbonyl (C=O) groups is 1. The van der Waals surface area contributed by atoms with Gasteiger partial charge < -0.3 is 5.11 Å². The highest BCUT2D eigenvalue weighted by Crippen LogP contribution is 2.72. The second-order valence-electron chi connectivity index (χ2n) is 6.03. The van der Waals surface area contributed by atoms with Crippen LogP contribution in [0.15, 0.2) is 60.7 Å². The van der Waals surface area contributed by atoms with Crippen LogP contribution >= 0.6 is 0 Å². The molecule has 2 aromatic rings. The van der Waals surface area contributed by atoms with Gasteiger partial charge in [-0.05, 0) is 16.5 Å². The number of hydrogen-bond acceptors (Lipinski definition) is 1. The Morgan fingerprint density at radius 3 is 1.60 bits per heavy atom. The monoisotopic (exact) mass is 266 g/mol. The van der Waals surface area contributed by atoms with Gasteiger partial charge in [0.1, 0.15) is 0 Å². The second kappa shape index (κ2) is 4.20. The summed E-state index contributed by atoms with van der Waals surface area (Å²) in [4.78, 5) is 11.7. The number of carboxylic acid groups (broad SMARTS) is 1. The normalized spacial score (nSPS) is 22.2. The summed E-state index contributed by atoms with van der Waals surface area (Å²) in [6, 6.07) is 20.0. The lowest BCUT2D eigenvalue weighted by Gasteiger charge is -2.21. The van der Waals surface area contributed by atoms with E-state index in [1.165, 1.54) is 0 Å². The maximum atomic E-state index is 11.7. The van der Waals surface area contributed by atoms with Crippen LogP contribution in [0.25, 0.3) is 0 Å². The Bertz CT molecular complexity index is 589. The van der Waals surface area contributed by atoms with Crippen LogP contribution in [-0.4, -0.2) is 11.1 Å². The lowest BCUT2D eigenvalue weighted by molar-refractivity contribution is -0.139. The van der Waals surface area contributed by atoms with Gasteiger partial charge in [-0.2, -0.15) is 0 Å². The molecule has 1 unspecified atom stereocenters. The summed E-state index contributed by atoms with van der Waals surface area (Å²) in [7, 11) is 0. The summed E-state index contributed by atoms with van der Waals surface area (Å²) in [6.07, 6.45) is 0. The van der Waals surface area contributed by atoms with Crippen molar-refractivity contribution in [3.05, 3.63) is 71.8 Å². The van der Waals surface area contributed by atoms with E-state index in [9.17, 15) is 9.90 Å². The maximum Gasteiger partial charge on any atom is 0.308 e. The Morgan fingerprint density at radius 1 is 0.900 bits per heavy atom. The van der Waals surface area contributed by atoms with Crippen LogP contribution in [0.2, 0.25) is 0 Å². The van der Waals surface area contributed by atoms with Crippen LogP contribution in [0.5, 0.6) is 0 Å². The zero-order valence-electron chi connectivity index (χ0n) is 11.7. The molecule has 1 saturated carbocycles. The third-order valence-corrected chi connectivity index (χ3v) is 4.79. The molecule has 3 rings (SSSR count). The largest absolute Gasteiger partial charge is 0.481 e. The molecule has 0 spiro atoms. The lowest BCUT2D eigenvalue weighted by Crippen LogP contribution is -2.18. The van der Waals surface area contributed by atoms with Crippen LogP contribution in [0, 0.1) is 11.3 Å². The first-order valence-corrected chi connectivity index (χ1v) is 6.87. The van der Waals surface area contributed by atoms with E-state index in [1.807, 2.05) is 74.5 Å². The highest BCUT2D eigenvalue weighted by Gasteiger charge is 2.75. The molecule has 0 saturated heterocycles. The summed E-state index contributed by atoms with van der Waals surface area (Å²) in [6.45, 7) is 4.09. The lowest BCUT2D eigenvalue weighted by atomic mass is 9.81. The molecule has 2 aromatic carbocycles. The third kappa shape index (κ3) is 1.48. The summed E-state index contributed by atoms with van der Waals surface area (Å²) in [5.41, 5.74) is 1.45. The molecule has 20 heavy (non-hydrogen) atoms. The van der Waals surface area contributed by atoms with Crippen molar-refractivity contribution in [2.45, 2.75) is 19.3 Å². The zero-order valence-corrected chi connectivity index (χ0v) is 11.7. The molecular weight excluding hydrogens is 248 g/mol. The number of benzene rings is 2. The van der Waals surface area contributed by atoms with Gasteiger partial charge in [-0.3, -0.25) is 4.79 Å². The average Bonchev–Trinajstić information content (AvgIpc) is 2.99. The van der Waals surface area contributed by atoms with Crippen LogP contribution in [0.1, 0.15) is 25.0 Å². The van der Waals surface area contributed by atoms with Crippen molar-refractivity contribution in [3.8, 4) is 0 Å². The smallest absolute Gasteiger partial charge is 0.308 e. The molecule has 1 N–H and O–H groups in total. The molecule has 0 bridgehead atoms. The van der Waals surface area contributed by atoms with E-state index >= 15 is 0 Å². The minimum absolute atomic E-state index is 0.290. The summed E-state index contributed by atoms with van der Waals surface area (Å²) in [5.74, 6) is -1.11. The Kier molecular flexibility index (Phi) is 2.72. The van der Waals surface area contributed by atoms with E-state index in [0.717, 1.165) is 11.1 Å². The zero-order chi connectivity index (χ0) is 14.4. The van der Waals surface area contributed by atoms with Crippen LogP contribution in [-0.2, 0) is 10.2 Å². The maximum absolute atomic E-state index is 11.7. The molecule has 0 amide bonds. The van der Waals surface area contributed by atoms with Crippen LogP contribution in [0.3, 0.4) is 0 Å². The Balaban J connectivity index is 2.24. The fourth-order valence-corrected chi connectivity index (χ4v) is 3.90. The molecule has 1 aliphatic carbocycles. The molecule has 2 nitrogen and oxygen atoms in total. The van der Waals surface area contributed by atoms with Crippen molar-refractivity contribution in [2.24, 2.45) is 11.3 Å². The van der Waals surface area contributed by atoms with E-state index in [-0.39, 0.29) is 11.3 Å². The van der Waals surface area contributed by atoms with Crippen molar-refractivity contribution in [2.75, 3.05) is 0 Å². The molecule has 2 heteroatoms. The Hall–Kier alpha value is -2.09. The van der Waals surface area contributed by atoms with Gasteiger partial charge in [0.15, 0.2) is 0 Å². The highest BCUT2D eigenvalue weighted by atomic mass is 16.4. The number of aliphatic carboxylic acids is 1. The van der Waals surface area contributed by atoms with Gasteiger partial charge >= 0.3 is 5.97 Å². The molecule has 0 aromatic heterocycles. The summed E-state index contributed by atoms with van der Waals surface area (Å²) < 4.78 is 0. The third-order valence-electron chi connectivity index (χ3n) is 4.79. The topological polar surface area (TPSA) is 37.3 Å². The first-order valence-electron chi connectivity index (χ1n) is 6.87. The van der Waals surface area contributed by atoms with Gasteiger partial charge in [-0.25, -0.2) is 0 Å². The molecule has 0 radical (unpaired) electrons. The van der Waals surface area contributed by atoms with Gasteiger partial charge in [0, 0.05) is 5.41 Å². The van der Waals surface area contributed by atoms with Crippen molar-refractivity contribution in [1.82, 2.24) is 0 Å². The van der Waals surface area contributed by atoms with Crippen LogP contribution < -0.4 is 0 Å². The minimum atomic E-state index is -0.720. The van der Waals surface area contributed by atoms with Gasteiger partial charge in [0.2, 0.25) is 0 Å². The predicted molar refractivity (Wildman–Crippen MR) is 78.6 cm³/mol. The SMILES string of the molecule is CC1(C)C(C(=O)O)C1(c1ccccc1)c1ccccc1. The first-order chi connectivity index (χ1) is 9.53. The van der Waals surface area contributed by atoms with E-state index in [1.54, 1.807) is 0 Å². The first kappa shape index (κ1) is 12.9. The number of carboxylic acids is 1. The molecule has 0 heterocycles. The van der Waals surface area contributed by atoms with E-state index in [2.05, 4.69) is 0 Å². The molecular formula is C18H18O2. The minimum Gasteiger partial charge on any atom is -0.481 e. The van der Waals surface area contributed by atoms with Crippen molar-refractivity contribution >= 4 is 5.97 Å². The van der Waals surface area contributed by atoms with Crippen molar-refractivity contribution < 1.29 is 9.90 Å². The van der Waals surface area contributed by atoms with Crippen LogP contribution in [0.4, 0.5) is 0 Å². The molecule has 1 atom stereocenters. The predicted octanol–water partition coefficient (Wildman–Crippen LogP) is 3.71. The average molecular weight is 266 g/mol. The van der Waals surface area contributed by atoms with Gasteiger partial charge in [0.05, 0.1) is 5.92 Å². The number of hydrogen-bond donors (Lipinski definition) is 1. The molecule has 102 valence electrons. The van der Waals surface area contributed by atoms with E-state index < -0.39 is 11.4 Å². The highest BCUT2D eigenvalue weighted by molar-refractivity contribution is 5.82. The fraction of sp³-hybridized carbons (Fsp3) is 0.278. The van der Waals surface area contributed by atoms with Gasteiger partial charge in [-0.15, -0.1) is 0 Å². The molecule has 1 aliphatic rings. The quantitative estimate of drug-likeness (QED) is 0.919. The van der Waals surface area contributed by atoms with Gasteiger partial charge in [-0.1, -0.05) is 74.5 Å². The molecule has 1 fully saturated rings. The summed E-state index contributed by atoms with van der Waals surface area (Å²) in [5, 5.41) is 9.65. The number of rotatable bonds is 3. The van der Waals surface area contributed by atoms with Gasteiger partial charge in [0.25, 0.3) is 0 Å². The summed E-state index contributed by atoms with van der Waals surface area (Å²) >= 11 is 0. The second-order valence-corrected chi connectivity index (χ2v) is 6.03. The Morgan fingerprint density at radius 2 is 1.30 bits per heavy atom.